The molecule has 0 aliphatic heterocycles. The van der Waals surface area contributed by atoms with E-state index in [0.717, 1.165) is 17.7 Å². The predicted molar refractivity (Wildman–Crippen MR) is 82.5 cm³/mol. The maximum absolute atomic E-state index is 11.8. The van der Waals surface area contributed by atoms with Gasteiger partial charge in [0.1, 0.15) is 12.4 Å². The van der Waals surface area contributed by atoms with Crippen molar-refractivity contribution in [3.8, 4) is 5.75 Å². The van der Waals surface area contributed by atoms with E-state index in [9.17, 15) is 4.79 Å². The van der Waals surface area contributed by atoms with Gasteiger partial charge in [0.25, 0.3) is 0 Å². The Bertz CT molecular complexity index is 466. The second-order valence-corrected chi connectivity index (χ2v) is 5.96. The van der Waals surface area contributed by atoms with Gasteiger partial charge in [-0.15, -0.1) is 0 Å². The molecular weight excluding hydrogens is 268 g/mol. The number of rotatable bonds is 8. The molecule has 0 aliphatic carbocycles. The molecule has 1 aromatic rings. The molecule has 0 atom stereocenters. The first kappa shape index (κ1) is 17.5. The maximum Gasteiger partial charge on any atom is 0.311 e. The Balaban J connectivity index is 2.39. The van der Waals surface area contributed by atoms with Crippen molar-refractivity contribution in [2.45, 2.75) is 40.5 Å². The third-order valence-electron chi connectivity index (χ3n) is 3.42. The van der Waals surface area contributed by atoms with E-state index in [-0.39, 0.29) is 19.2 Å². The van der Waals surface area contributed by atoms with Crippen LogP contribution < -0.4 is 4.74 Å². The van der Waals surface area contributed by atoms with Crippen LogP contribution in [-0.4, -0.2) is 30.9 Å². The zero-order chi connectivity index (χ0) is 15.9. The molecule has 118 valence electrons. The first-order valence-corrected chi connectivity index (χ1v) is 7.35. The van der Waals surface area contributed by atoms with E-state index in [0.29, 0.717) is 13.0 Å². The fourth-order valence-corrected chi connectivity index (χ4v) is 1.99. The van der Waals surface area contributed by atoms with Crippen LogP contribution in [0.1, 0.15) is 37.8 Å². The highest BCUT2D eigenvalue weighted by molar-refractivity contribution is 5.75. The van der Waals surface area contributed by atoms with Gasteiger partial charge in [-0.05, 0) is 57.7 Å². The second-order valence-electron chi connectivity index (χ2n) is 5.96. The monoisotopic (exact) mass is 294 g/mol. The SMILES string of the molecule is Cc1ccc(C)c(OCCCC(C)(C)C(=O)OCCO)c1. The summed E-state index contributed by atoms with van der Waals surface area (Å²) >= 11 is 0. The van der Waals surface area contributed by atoms with Gasteiger partial charge in [-0.25, -0.2) is 0 Å². The molecule has 21 heavy (non-hydrogen) atoms. The zero-order valence-corrected chi connectivity index (χ0v) is 13.4. The predicted octanol–water partition coefficient (Wildman–Crippen LogP) is 3.02. The second kappa shape index (κ2) is 8.03. The van der Waals surface area contributed by atoms with Crippen LogP contribution in [0.25, 0.3) is 0 Å². The highest BCUT2D eigenvalue weighted by Gasteiger charge is 2.28. The fourth-order valence-electron chi connectivity index (χ4n) is 1.99. The Morgan fingerprint density at radius 3 is 2.62 bits per heavy atom. The molecule has 0 aliphatic rings. The first-order chi connectivity index (χ1) is 9.86. The lowest BCUT2D eigenvalue weighted by Gasteiger charge is -2.22. The number of esters is 1. The van der Waals surface area contributed by atoms with E-state index >= 15 is 0 Å². The molecule has 1 aromatic carbocycles. The van der Waals surface area contributed by atoms with Crippen molar-refractivity contribution in [1.29, 1.82) is 0 Å². The summed E-state index contributed by atoms with van der Waals surface area (Å²) in [5.74, 6) is 0.624. The number of ether oxygens (including phenoxy) is 2. The Morgan fingerprint density at radius 1 is 1.24 bits per heavy atom. The molecule has 4 nitrogen and oxygen atoms in total. The van der Waals surface area contributed by atoms with Crippen molar-refractivity contribution in [1.82, 2.24) is 0 Å². The van der Waals surface area contributed by atoms with Crippen LogP contribution in [0.4, 0.5) is 0 Å². The summed E-state index contributed by atoms with van der Waals surface area (Å²) in [7, 11) is 0. The van der Waals surface area contributed by atoms with Gasteiger partial charge in [0.05, 0.1) is 18.6 Å². The van der Waals surface area contributed by atoms with Crippen molar-refractivity contribution in [3.63, 3.8) is 0 Å². The van der Waals surface area contributed by atoms with Crippen molar-refractivity contribution in [2.75, 3.05) is 19.8 Å². The minimum absolute atomic E-state index is 0.0568. The number of benzene rings is 1. The summed E-state index contributed by atoms with van der Waals surface area (Å²) in [5, 5.41) is 8.67. The van der Waals surface area contributed by atoms with Crippen LogP contribution in [0, 0.1) is 19.3 Å². The van der Waals surface area contributed by atoms with Crippen LogP contribution in [0.15, 0.2) is 18.2 Å². The molecule has 0 fully saturated rings. The Morgan fingerprint density at radius 2 is 1.95 bits per heavy atom. The molecule has 0 saturated heterocycles. The molecule has 1 N–H and O–H groups in total. The fraction of sp³-hybridized carbons (Fsp3) is 0.588. The lowest BCUT2D eigenvalue weighted by molar-refractivity contribution is -0.155. The molecule has 4 heteroatoms. The highest BCUT2D eigenvalue weighted by atomic mass is 16.5. The van der Waals surface area contributed by atoms with Crippen LogP contribution in [0.5, 0.6) is 5.75 Å². The summed E-state index contributed by atoms with van der Waals surface area (Å²) < 4.78 is 10.8. The van der Waals surface area contributed by atoms with Crippen LogP contribution >= 0.6 is 0 Å². The normalized spacial score (nSPS) is 11.3. The van der Waals surface area contributed by atoms with Crippen molar-refractivity contribution < 1.29 is 19.4 Å². The van der Waals surface area contributed by atoms with Crippen LogP contribution in [-0.2, 0) is 9.53 Å². The molecule has 0 amide bonds. The summed E-state index contributed by atoms with van der Waals surface area (Å²) in [6, 6.07) is 6.12. The van der Waals surface area contributed by atoms with Crippen molar-refractivity contribution in [3.05, 3.63) is 29.3 Å². The third kappa shape index (κ3) is 5.76. The Hall–Kier alpha value is -1.55. The quantitative estimate of drug-likeness (QED) is 0.591. The average Bonchev–Trinajstić information content (AvgIpc) is 2.44. The van der Waals surface area contributed by atoms with Crippen molar-refractivity contribution >= 4 is 5.97 Å². The van der Waals surface area contributed by atoms with Gasteiger partial charge in [-0.1, -0.05) is 12.1 Å². The highest BCUT2D eigenvalue weighted by Crippen LogP contribution is 2.25. The molecule has 0 saturated carbocycles. The number of carbonyl (C=O) groups excluding carboxylic acids is 1. The number of carbonyl (C=O) groups is 1. The van der Waals surface area contributed by atoms with Gasteiger partial charge in [0.2, 0.25) is 0 Å². The molecule has 0 bridgehead atoms. The van der Waals surface area contributed by atoms with E-state index in [2.05, 4.69) is 6.07 Å². The number of hydrogen-bond acceptors (Lipinski definition) is 4. The zero-order valence-electron chi connectivity index (χ0n) is 13.4. The summed E-state index contributed by atoms with van der Waals surface area (Å²) in [4.78, 5) is 11.8. The largest absolute Gasteiger partial charge is 0.493 e. The molecular formula is C17H26O4. The topological polar surface area (TPSA) is 55.8 Å². The van der Waals surface area contributed by atoms with Gasteiger partial charge in [0.15, 0.2) is 0 Å². The standard InChI is InChI=1S/C17H26O4/c1-13-6-7-14(2)15(12-13)20-10-5-8-17(3,4)16(19)21-11-9-18/h6-7,12,18H,5,8-11H2,1-4H3. The summed E-state index contributed by atoms with van der Waals surface area (Å²) in [6.45, 7) is 8.24. The number of aliphatic hydroxyl groups excluding tert-OH is 1. The molecule has 0 spiro atoms. The van der Waals surface area contributed by atoms with Gasteiger partial charge in [0, 0.05) is 0 Å². The molecule has 0 heterocycles. The van der Waals surface area contributed by atoms with E-state index in [1.807, 2.05) is 39.8 Å². The van der Waals surface area contributed by atoms with Crippen LogP contribution in [0.3, 0.4) is 0 Å². The van der Waals surface area contributed by atoms with Crippen molar-refractivity contribution in [2.24, 2.45) is 5.41 Å². The number of hydrogen-bond donors (Lipinski definition) is 1. The number of aliphatic hydroxyl groups is 1. The minimum atomic E-state index is -0.555. The van der Waals surface area contributed by atoms with Gasteiger partial charge in [-0.2, -0.15) is 0 Å². The average molecular weight is 294 g/mol. The molecule has 0 unspecified atom stereocenters. The number of aryl methyl sites for hydroxylation is 2. The van der Waals surface area contributed by atoms with E-state index in [4.69, 9.17) is 14.6 Å². The van der Waals surface area contributed by atoms with E-state index in [1.54, 1.807) is 0 Å². The van der Waals surface area contributed by atoms with Gasteiger partial charge < -0.3 is 14.6 Å². The Labute approximate surface area is 127 Å². The van der Waals surface area contributed by atoms with E-state index in [1.165, 1.54) is 5.56 Å². The molecule has 0 aromatic heterocycles. The third-order valence-corrected chi connectivity index (χ3v) is 3.42. The first-order valence-electron chi connectivity index (χ1n) is 7.35. The lowest BCUT2D eigenvalue weighted by atomic mass is 9.88. The smallest absolute Gasteiger partial charge is 0.311 e. The minimum Gasteiger partial charge on any atom is -0.493 e. The van der Waals surface area contributed by atoms with E-state index < -0.39 is 5.41 Å². The van der Waals surface area contributed by atoms with Gasteiger partial charge in [-0.3, -0.25) is 4.79 Å². The van der Waals surface area contributed by atoms with Crippen LogP contribution in [0.2, 0.25) is 0 Å². The molecule has 1 rings (SSSR count). The lowest BCUT2D eigenvalue weighted by Crippen LogP contribution is -2.28. The summed E-state index contributed by atoms with van der Waals surface area (Å²) in [5.41, 5.74) is 1.73. The Kier molecular flexibility index (Phi) is 6.69. The van der Waals surface area contributed by atoms with Gasteiger partial charge >= 0.3 is 5.97 Å². The maximum atomic E-state index is 11.8. The molecule has 0 radical (unpaired) electrons. The summed E-state index contributed by atoms with van der Waals surface area (Å²) in [6.07, 6.45) is 1.46.